The van der Waals surface area contributed by atoms with Crippen LogP contribution in [-0.4, -0.2) is 36.2 Å². The molecule has 0 aliphatic carbocycles. The molecule has 2 atom stereocenters. The summed E-state index contributed by atoms with van der Waals surface area (Å²) in [5.74, 6) is 0.788. The molecule has 1 saturated heterocycles. The van der Waals surface area contributed by atoms with Crippen LogP contribution in [0, 0.1) is 0 Å². The van der Waals surface area contributed by atoms with Crippen molar-refractivity contribution in [2.45, 2.75) is 32.6 Å². The Morgan fingerprint density at radius 2 is 2.09 bits per heavy atom. The maximum Gasteiger partial charge on any atom is 0.254 e. The van der Waals surface area contributed by atoms with Crippen molar-refractivity contribution in [1.29, 1.82) is 0 Å². The maximum absolute atomic E-state index is 11.9. The van der Waals surface area contributed by atoms with Crippen LogP contribution in [0.5, 0.6) is 0 Å². The van der Waals surface area contributed by atoms with E-state index in [0.717, 1.165) is 24.5 Å². The summed E-state index contributed by atoms with van der Waals surface area (Å²) in [6.45, 7) is 6.26. The predicted octanol–water partition coefficient (Wildman–Crippen LogP) is 2.22. The molecule has 2 aromatic heterocycles. The number of morpholine rings is 1. The number of amides is 1. The standard InChI is InChI=1S/C17H21N3O3/c1-12-9-20(10-13(2)23-12)16-4-3-14(7-18-16)8-19-17(21)15-5-6-22-11-15/h3-7,11-13H,8-10H2,1-2H3,(H,19,21)/t12-,13+. The summed E-state index contributed by atoms with van der Waals surface area (Å²) in [4.78, 5) is 18.6. The molecular formula is C17H21N3O3. The van der Waals surface area contributed by atoms with Gasteiger partial charge in [0.05, 0.1) is 24.0 Å². The number of rotatable bonds is 4. The Bertz CT molecular complexity index is 630. The van der Waals surface area contributed by atoms with Crippen LogP contribution in [0.15, 0.2) is 41.3 Å². The first kappa shape index (κ1) is 15.6. The van der Waals surface area contributed by atoms with Gasteiger partial charge < -0.3 is 19.4 Å². The molecule has 0 aromatic carbocycles. The molecule has 1 amide bonds. The van der Waals surface area contributed by atoms with Gasteiger partial charge in [-0.15, -0.1) is 0 Å². The van der Waals surface area contributed by atoms with Crippen molar-refractivity contribution < 1.29 is 13.9 Å². The quantitative estimate of drug-likeness (QED) is 0.937. The molecule has 1 fully saturated rings. The van der Waals surface area contributed by atoms with Crippen molar-refractivity contribution in [3.63, 3.8) is 0 Å². The lowest BCUT2D eigenvalue weighted by molar-refractivity contribution is -0.00546. The van der Waals surface area contributed by atoms with Crippen molar-refractivity contribution >= 4 is 11.7 Å². The monoisotopic (exact) mass is 315 g/mol. The van der Waals surface area contributed by atoms with E-state index in [4.69, 9.17) is 9.15 Å². The van der Waals surface area contributed by atoms with Crippen LogP contribution in [0.4, 0.5) is 5.82 Å². The number of anilines is 1. The summed E-state index contributed by atoms with van der Waals surface area (Å²) >= 11 is 0. The molecule has 0 bridgehead atoms. The number of carbonyl (C=O) groups is 1. The van der Waals surface area contributed by atoms with Crippen LogP contribution in [-0.2, 0) is 11.3 Å². The number of hydrogen-bond donors (Lipinski definition) is 1. The highest BCUT2D eigenvalue weighted by molar-refractivity contribution is 5.93. The lowest BCUT2D eigenvalue weighted by Gasteiger charge is -2.36. The van der Waals surface area contributed by atoms with E-state index in [1.54, 1.807) is 12.3 Å². The van der Waals surface area contributed by atoms with Gasteiger partial charge in [-0.05, 0) is 31.5 Å². The molecule has 23 heavy (non-hydrogen) atoms. The summed E-state index contributed by atoms with van der Waals surface area (Å²) in [7, 11) is 0. The molecular weight excluding hydrogens is 294 g/mol. The van der Waals surface area contributed by atoms with E-state index in [1.807, 2.05) is 12.1 Å². The summed E-state index contributed by atoms with van der Waals surface area (Å²) in [5, 5.41) is 2.84. The number of aromatic nitrogens is 1. The second-order valence-electron chi connectivity index (χ2n) is 5.88. The Morgan fingerprint density at radius 3 is 2.70 bits per heavy atom. The van der Waals surface area contributed by atoms with Gasteiger partial charge in [-0.2, -0.15) is 0 Å². The lowest BCUT2D eigenvalue weighted by Crippen LogP contribution is -2.45. The largest absolute Gasteiger partial charge is 0.472 e. The number of hydrogen-bond acceptors (Lipinski definition) is 5. The molecule has 0 saturated carbocycles. The van der Waals surface area contributed by atoms with Gasteiger partial charge in [0.15, 0.2) is 0 Å². The van der Waals surface area contributed by atoms with E-state index in [9.17, 15) is 4.79 Å². The molecule has 1 aliphatic rings. The average Bonchev–Trinajstić information content (AvgIpc) is 3.07. The number of carbonyl (C=O) groups excluding carboxylic acids is 1. The summed E-state index contributed by atoms with van der Waals surface area (Å²) in [6.07, 6.45) is 5.12. The summed E-state index contributed by atoms with van der Waals surface area (Å²) < 4.78 is 10.6. The third-order valence-electron chi connectivity index (χ3n) is 3.79. The van der Waals surface area contributed by atoms with E-state index in [2.05, 4.69) is 29.0 Å². The van der Waals surface area contributed by atoms with Gasteiger partial charge in [-0.3, -0.25) is 4.79 Å². The van der Waals surface area contributed by atoms with E-state index >= 15 is 0 Å². The average molecular weight is 315 g/mol. The van der Waals surface area contributed by atoms with Crippen LogP contribution in [0.1, 0.15) is 29.8 Å². The van der Waals surface area contributed by atoms with Crippen LogP contribution in [0.25, 0.3) is 0 Å². The first-order valence-corrected chi connectivity index (χ1v) is 7.77. The fourth-order valence-corrected chi connectivity index (χ4v) is 2.75. The molecule has 0 radical (unpaired) electrons. The van der Waals surface area contributed by atoms with Crippen LogP contribution < -0.4 is 10.2 Å². The van der Waals surface area contributed by atoms with Gasteiger partial charge in [0.1, 0.15) is 12.1 Å². The number of ether oxygens (including phenoxy) is 1. The Labute approximate surface area is 135 Å². The highest BCUT2D eigenvalue weighted by Crippen LogP contribution is 2.18. The topological polar surface area (TPSA) is 67.6 Å². The lowest BCUT2D eigenvalue weighted by atomic mass is 10.2. The Morgan fingerprint density at radius 1 is 1.30 bits per heavy atom. The first-order valence-electron chi connectivity index (χ1n) is 7.77. The molecule has 2 aromatic rings. The molecule has 3 heterocycles. The van der Waals surface area contributed by atoms with Crippen LogP contribution in [0.3, 0.4) is 0 Å². The highest BCUT2D eigenvalue weighted by Gasteiger charge is 2.22. The minimum atomic E-state index is -0.154. The van der Waals surface area contributed by atoms with E-state index in [1.165, 1.54) is 12.5 Å². The van der Waals surface area contributed by atoms with Crippen molar-refractivity contribution in [1.82, 2.24) is 10.3 Å². The molecule has 0 unspecified atom stereocenters. The van der Waals surface area contributed by atoms with Gasteiger partial charge in [-0.1, -0.05) is 6.07 Å². The fourth-order valence-electron chi connectivity index (χ4n) is 2.75. The zero-order valence-corrected chi connectivity index (χ0v) is 13.4. The van der Waals surface area contributed by atoms with Crippen molar-refractivity contribution in [3.05, 3.63) is 48.0 Å². The molecule has 1 aliphatic heterocycles. The summed E-state index contributed by atoms with van der Waals surface area (Å²) in [5.41, 5.74) is 1.48. The van der Waals surface area contributed by atoms with Gasteiger partial charge in [0.2, 0.25) is 0 Å². The third kappa shape index (κ3) is 3.90. The van der Waals surface area contributed by atoms with Crippen LogP contribution >= 0.6 is 0 Å². The Kier molecular flexibility index (Phi) is 4.62. The Hall–Kier alpha value is -2.34. The van der Waals surface area contributed by atoms with Crippen molar-refractivity contribution in [2.24, 2.45) is 0 Å². The molecule has 0 spiro atoms. The maximum atomic E-state index is 11.9. The van der Waals surface area contributed by atoms with Crippen molar-refractivity contribution in [2.75, 3.05) is 18.0 Å². The molecule has 6 heteroatoms. The zero-order valence-electron chi connectivity index (χ0n) is 13.4. The number of furan rings is 1. The second-order valence-corrected chi connectivity index (χ2v) is 5.88. The second kappa shape index (κ2) is 6.83. The molecule has 3 rings (SSSR count). The van der Waals surface area contributed by atoms with E-state index < -0.39 is 0 Å². The zero-order chi connectivity index (χ0) is 16.2. The van der Waals surface area contributed by atoms with Gasteiger partial charge in [-0.25, -0.2) is 4.98 Å². The summed E-state index contributed by atoms with van der Waals surface area (Å²) in [6, 6.07) is 5.62. The minimum absolute atomic E-state index is 0.154. The van der Waals surface area contributed by atoms with Crippen molar-refractivity contribution in [3.8, 4) is 0 Å². The highest BCUT2D eigenvalue weighted by atomic mass is 16.5. The van der Waals surface area contributed by atoms with Crippen LogP contribution in [0.2, 0.25) is 0 Å². The third-order valence-corrected chi connectivity index (χ3v) is 3.79. The molecule has 6 nitrogen and oxygen atoms in total. The van der Waals surface area contributed by atoms with E-state index in [0.29, 0.717) is 12.1 Å². The van der Waals surface area contributed by atoms with Gasteiger partial charge >= 0.3 is 0 Å². The van der Waals surface area contributed by atoms with E-state index in [-0.39, 0.29) is 18.1 Å². The first-order chi connectivity index (χ1) is 11.1. The van der Waals surface area contributed by atoms with Gasteiger partial charge in [0.25, 0.3) is 5.91 Å². The number of pyridine rings is 1. The number of nitrogens with zero attached hydrogens (tertiary/aromatic N) is 2. The SMILES string of the molecule is C[C@@H]1CN(c2ccc(CNC(=O)c3ccoc3)cn2)C[C@H](C)O1. The molecule has 1 N–H and O–H groups in total. The normalized spacial score (nSPS) is 21.2. The minimum Gasteiger partial charge on any atom is -0.472 e. The van der Waals surface area contributed by atoms with Gasteiger partial charge in [0, 0.05) is 25.8 Å². The molecule has 122 valence electrons. The smallest absolute Gasteiger partial charge is 0.254 e. The Balaban J connectivity index is 1.58. The fraction of sp³-hybridized carbons (Fsp3) is 0.412. The number of nitrogens with one attached hydrogen (secondary N) is 1. The predicted molar refractivity (Wildman–Crippen MR) is 86.3 cm³/mol.